The van der Waals surface area contributed by atoms with Gasteiger partial charge in [0, 0.05) is 17.8 Å². The third-order valence-electron chi connectivity index (χ3n) is 4.10. The number of nitrogens with one attached hydrogen (secondary N) is 1. The molecule has 0 atom stereocenters. The van der Waals surface area contributed by atoms with Crippen LogP contribution in [0.4, 0.5) is 5.69 Å². The molecule has 0 spiro atoms. The molecular formula is C23H21ClN2O2. The van der Waals surface area contributed by atoms with Gasteiger partial charge in [0.25, 0.3) is 5.91 Å². The molecule has 0 aliphatic heterocycles. The summed E-state index contributed by atoms with van der Waals surface area (Å²) in [5.74, 6) is 0.469. The Morgan fingerprint density at radius 1 is 1.07 bits per heavy atom. The highest BCUT2D eigenvalue weighted by Crippen LogP contribution is 2.22. The van der Waals surface area contributed by atoms with Crippen LogP contribution in [0.3, 0.4) is 0 Å². The molecule has 0 aromatic heterocycles. The Morgan fingerprint density at radius 3 is 2.54 bits per heavy atom. The summed E-state index contributed by atoms with van der Waals surface area (Å²) in [6, 6.07) is 22.8. The van der Waals surface area contributed by atoms with Crippen LogP contribution in [0, 0.1) is 6.92 Å². The number of ether oxygens (including phenoxy) is 1. The molecule has 3 aromatic rings. The maximum atomic E-state index is 11.9. The molecule has 0 radical (unpaired) electrons. The van der Waals surface area contributed by atoms with Crippen LogP contribution < -0.4 is 10.1 Å². The highest BCUT2D eigenvalue weighted by Gasteiger charge is 2.03. The van der Waals surface area contributed by atoms with E-state index in [-0.39, 0.29) is 12.5 Å². The number of aliphatic imine (C=N–C) groups is 1. The SMILES string of the molecule is Cc1ccc(N=Cc2ccc(OCC(=O)NCc3ccccc3)cc2)cc1Cl. The third-order valence-corrected chi connectivity index (χ3v) is 4.51. The van der Waals surface area contributed by atoms with Gasteiger partial charge in [0.15, 0.2) is 6.61 Å². The van der Waals surface area contributed by atoms with E-state index in [1.165, 1.54) is 0 Å². The zero-order chi connectivity index (χ0) is 19.8. The lowest BCUT2D eigenvalue weighted by Crippen LogP contribution is -2.28. The average molecular weight is 393 g/mol. The van der Waals surface area contributed by atoms with E-state index in [0.29, 0.717) is 17.3 Å². The Kier molecular flexibility index (Phi) is 6.82. The van der Waals surface area contributed by atoms with Gasteiger partial charge in [-0.1, -0.05) is 48.0 Å². The first-order valence-corrected chi connectivity index (χ1v) is 9.32. The summed E-state index contributed by atoms with van der Waals surface area (Å²) in [5, 5.41) is 3.53. The van der Waals surface area contributed by atoms with Gasteiger partial charge in [-0.3, -0.25) is 9.79 Å². The monoisotopic (exact) mass is 392 g/mol. The van der Waals surface area contributed by atoms with Crippen molar-refractivity contribution < 1.29 is 9.53 Å². The number of benzene rings is 3. The first kappa shape index (κ1) is 19.6. The van der Waals surface area contributed by atoms with Crippen molar-refractivity contribution in [2.24, 2.45) is 4.99 Å². The second kappa shape index (κ2) is 9.72. The van der Waals surface area contributed by atoms with Gasteiger partial charge in [-0.2, -0.15) is 0 Å². The first-order valence-electron chi connectivity index (χ1n) is 8.94. The molecule has 1 amide bonds. The van der Waals surface area contributed by atoms with Crippen molar-refractivity contribution in [3.8, 4) is 5.75 Å². The molecule has 3 rings (SSSR count). The molecule has 0 heterocycles. The van der Waals surface area contributed by atoms with Gasteiger partial charge in [-0.05, 0) is 60.0 Å². The number of hydrogen-bond acceptors (Lipinski definition) is 3. The zero-order valence-corrected chi connectivity index (χ0v) is 16.3. The van der Waals surface area contributed by atoms with Gasteiger partial charge >= 0.3 is 0 Å². The maximum absolute atomic E-state index is 11.9. The highest BCUT2D eigenvalue weighted by molar-refractivity contribution is 6.31. The predicted octanol–water partition coefficient (Wildman–Crippen LogP) is 5.09. The molecule has 0 bridgehead atoms. The lowest BCUT2D eigenvalue weighted by molar-refractivity contribution is -0.123. The number of carbonyl (C=O) groups excluding carboxylic acids is 1. The number of amides is 1. The van der Waals surface area contributed by atoms with E-state index >= 15 is 0 Å². The fourth-order valence-corrected chi connectivity index (χ4v) is 2.63. The van der Waals surface area contributed by atoms with Crippen LogP contribution in [0.2, 0.25) is 5.02 Å². The quantitative estimate of drug-likeness (QED) is 0.569. The van der Waals surface area contributed by atoms with Gasteiger partial charge in [-0.25, -0.2) is 0 Å². The van der Waals surface area contributed by atoms with Gasteiger partial charge in [-0.15, -0.1) is 0 Å². The van der Waals surface area contributed by atoms with E-state index in [1.807, 2.05) is 79.7 Å². The van der Waals surface area contributed by atoms with E-state index in [1.54, 1.807) is 6.21 Å². The number of halogens is 1. The Labute approximate surface area is 169 Å². The number of carbonyl (C=O) groups is 1. The summed E-state index contributed by atoms with van der Waals surface area (Å²) in [4.78, 5) is 16.3. The van der Waals surface area contributed by atoms with Crippen LogP contribution in [-0.2, 0) is 11.3 Å². The summed E-state index contributed by atoms with van der Waals surface area (Å²) >= 11 is 6.11. The van der Waals surface area contributed by atoms with E-state index in [2.05, 4.69) is 10.3 Å². The second-order valence-electron chi connectivity index (χ2n) is 6.31. The van der Waals surface area contributed by atoms with Crippen molar-refractivity contribution in [3.63, 3.8) is 0 Å². The smallest absolute Gasteiger partial charge is 0.258 e. The molecule has 1 N–H and O–H groups in total. The number of aryl methyl sites for hydroxylation is 1. The standard InChI is InChI=1S/C23H21ClN2O2/c1-17-7-10-20(13-22(17)24)25-14-19-8-11-21(12-9-19)28-16-23(27)26-15-18-5-3-2-4-6-18/h2-14H,15-16H2,1H3,(H,26,27). The molecule has 0 saturated carbocycles. The largest absolute Gasteiger partial charge is 0.484 e. The Bertz CT molecular complexity index is 954. The second-order valence-corrected chi connectivity index (χ2v) is 6.72. The number of hydrogen-bond donors (Lipinski definition) is 1. The van der Waals surface area contributed by atoms with Crippen LogP contribution >= 0.6 is 11.6 Å². The van der Waals surface area contributed by atoms with Crippen LogP contribution in [0.5, 0.6) is 5.75 Å². The topological polar surface area (TPSA) is 50.7 Å². The normalized spacial score (nSPS) is 10.8. The number of nitrogens with zero attached hydrogens (tertiary/aromatic N) is 1. The summed E-state index contributed by atoms with van der Waals surface area (Å²) in [6.45, 7) is 2.42. The lowest BCUT2D eigenvalue weighted by Gasteiger charge is -2.08. The lowest BCUT2D eigenvalue weighted by atomic mass is 10.2. The molecule has 0 aliphatic rings. The molecule has 0 saturated heterocycles. The van der Waals surface area contributed by atoms with Crippen molar-refractivity contribution in [1.29, 1.82) is 0 Å². The summed E-state index contributed by atoms with van der Waals surface area (Å²) in [6.07, 6.45) is 1.76. The first-order chi connectivity index (χ1) is 13.6. The predicted molar refractivity (Wildman–Crippen MR) is 114 cm³/mol. The van der Waals surface area contributed by atoms with Gasteiger partial charge in [0.1, 0.15) is 5.75 Å². The summed E-state index contributed by atoms with van der Waals surface area (Å²) in [7, 11) is 0. The zero-order valence-electron chi connectivity index (χ0n) is 15.6. The molecule has 28 heavy (non-hydrogen) atoms. The van der Waals surface area contributed by atoms with Gasteiger partial charge < -0.3 is 10.1 Å². The van der Waals surface area contributed by atoms with Gasteiger partial charge in [0.05, 0.1) is 5.69 Å². The van der Waals surface area contributed by atoms with Crippen molar-refractivity contribution in [3.05, 3.63) is 94.5 Å². The molecule has 0 fully saturated rings. The fourth-order valence-electron chi connectivity index (χ4n) is 2.46. The van der Waals surface area contributed by atoms with Crippen LogP contribution in [-0.4, -0.2) is 18.7 Å². The minimum Gasteiger partial charge on any atom is -0.484 e. The molecule has 0 aliphatic carbocycles. The number of rotatable bonds is 7. The van der Waals surface area contributed by atoms with Crippen LogP contribution in [0.1, 0.15) is 16.7 Å². The summed E-state index contributed by atoms with van der Waals surface area (Å²) in [5.41, 5.74) is 3.80. The molecule has 4 nitrogen and oxygen atoms in total. The van der Waals surface area contributed by atoms with E-state index in [9.17, 15) is 4.79 Å². The molecule has 142 valence electrons. The van der Waals surface area contributed by atoms with Crippen molar-refractivity contribution in [2.75, 3.05) is 6.61 Å². The maximum Gasteiger partial charge on any atom is 0.258 e. The van der Waals surface area contributed by atoms with Crippen LogP contribution in [0.15, 0.2) is 77.8 Å². The molecule has 3 aromatic carbocycles. The molecule has 0 unspecified atom stereocenters. The Hall–Kier alpha value is -3.11. The van der Waals surface area contributed by atoms with E-state index in [0.717, 1.165) is 22.4 Å². The third kappa shape index (κ3) is 5.96. The minimum atomic E-state index is -0.161. The fraction of sp³-hybridized carbons (Fsp3) is 0.130. The van der Waals surface area contributed by atoms with E-state index < -0.39 is 0 Å². The minimum absolute atomic E-state index is 0.0257. The summed E-state index contributed by atoms with van der Waals surface area (Å²) < 4.78 is 5.53. The van der Waals surface area contributed by atoms with Crippen molar-refractivity contribution >= 4 is 29.4 Å². The highest BCUT2D eigenvalue weighted by atomic mass is 35.5. The molecule has 5 heteroatoms. The van der Waals surface area contributed by atoms with Crippen molar-refractivity contribution in [1.82, 2.24) is 5.32 Å². The van der Waals surface area contributed by atoms with Crippen molar-refractivity contribution in [2.45, 2.75) is 13.5 Å². The average Bonchev–Trinajstić information content (AvgIpc) is 2.73. The molecular weight excluding hydrogens is 372 g/mol. The Balaban J connectivity index is 1.48. The Morgan fingerprint density at radius 2 is 1.82 bits per heavy atom. The van der Waals surface area contributed by atoms with E-state index in [4.69, 9.17) is 16.3 Å². The van der Waals surface area contributed by atoms with Crippen LogP contribution in [0.25, 0.3) is 0 Å². The van der Waals surface area contributed by atoms with Gasteiger partial charge in [0.2, 0.25) is 0 Å².